The topological polar surface area (TPSA) is 75.7 Å². The molecule has 2 atom stereocenters. The zero-order valence-electron chi connectivity index (χ0n) is 18.6. The number of nitrogens with zero attached hydrogens (tertiary/aromatic N) is 1. The summed E-state index contributed by atoms with van der Waals surface area (Å²) in [6, 6.07) is 8.57. The monoisotopic (exact) mass is 466 g/mol. The van der Waals surface area contributed by atoms with E-state index in [-0.39, 0.29) is 11.7 Å². The van der Waals surface area contributed by atoms with Gasteiger partial charge in [0.2, 0.25) is 15.9 Å². The number of hydrogen-bond acceptors (Lipinski definition) is 4. The van der Waals surface area contributed by atoms with E-state index < -0.39 is 39.2 Å². The summed E-state index contributed by atoms with van der Waals surface area (Å²) in [4.78, 5) is 13.2. The maximum absolute atomic E-state index is 13.8. The quantitative estimate of drug-likeness (QED) is 0.660. The van der Waals surface area contributed by atoms with Gasteiger partial charge in [0.1, 0.15) is 17.4 Å². The van der Waals surface area contributed by atoms with Gasteiger partial charge in [-0.15, -0.1) is 0 Å². The maximum Gasteiger partial charge on any atom is 0.244 e. The Hall–Kier alpha value is -2.68. The summed E-state index contributed by atoms with van der Waals surface area (Å²) in [5.41, 5.74) is 0.230. The van der Waals surface area contributed by atoms with Crippen LogP contribution in [0.3, 0.4) is 0 Å². The fraction of sp³-hybridized carbons (Fsp3) is 0.435. The zero-order valence-corrected chi connectivity index (χ0v) is 19.4. The van der Waals surface area contributed by atoms with E-state index in [1.54, 1.807) is 0 Å². The van der Waals surface area contributed by atoms with Crippen molar-refractivity contribution in [3.63, 3.8) is 0 Å². The van der Waals surface area contributed by atoms with Crippen LogP contribution in [-0.4, -0.2) is 32.2 Å². The molecule has 0 radical (unpaired) electrons. The second kappa shape index (κ2) is 9.05. The molecule has 0 aromatic heterocycles. The number of fused-ring (bicyclic) bond motifs is 1. The molecule has 174 valence electrons. The number of ether oxygens (including phenoxy) is 1. The third-order valence-corrected chi connectivity index (χ3v) is 7.29. The lowest BCUT2D eigenvalue weighted by molar-refractivity contribution is -0.123. The van der Waals surface area contributed by atoms with Crippen LogP contribution in [-0.2, 0) is 14.8 Å². The lowest BCUT2D eigenvalue weighted by Crippen LogP contribution is -2.51. The molecular formula is C23H28F2N2O4S. The van der Waals surface area contributed by atoms with Gasteiger partial charge in [-0.3, -0.25) is 9.10 Å². The summed E-state index contributed by atoms with van der Waals surface area (Å²) in [6.45, 7) is 5.45. The molecule has 0 spiro atoms. The average Bonchev–Trinajstić information content (AvgIpc) is 2.75. The summed E-state index contributed by atoms with van der Waals surface area (Å²) in [6.07, 6.45) is 2.93. The van der Waals surface area contributed by atoms with Crippen molar-refractivity contribution in [2.75, 3.05) is 10.6 Å². The molecule has 2 aromatic rings. The van der Waals surface area contributed by atoms with Gasteiger partial charge >= 0.3 is 0 Å². The Bertz CT molecular complexity index is 1100. The van der Waals surface area contributed by atoms with E-state index in [4.69, 9.17) is 4.74 Å². The van der Waals surface area contributed by atoms with Crippen molar-refractivity contribution in [3.8, 4) is 5.75 Å². The summed E-state index contributed by atoms with van der Waals surface area (Å²) in [5.74, 6) is -2.17. The third-order valence-electron chi connectivity index (χ3n) is 6.05. The molecule has 1 aliphatic rings. The lowest BCUT2D eigenvalue weighted by Gasteiger charge is -2.42. The highest BCUT2D eigenvalue weighted by Crippen LogP contribution is 2.42. The Labute approximate surface area is 187 Å². The first-order chi connectivity index (χ1) is 15.0. The van der Waals surface area contributed by atoms with Crippen LogP contribution in [0.15, 0.2) is 42.5 Å². The van der Waals surface area contributed by atoms with Crippen LogP contribution in [0.1, 0.15) is 51.6 Å². The van der Waals surface area contributed by atoms with Gasteiger partial charge in [-0.25, -0.2) is 17.2 Å². The van der Waals surface area contributed by atoms with E-state index in [9.17, 15) is 22.0 Å². The van der Waals surface area contributed by atoms with Gasteiger partial charge in [-0.2, -0.15) is 0 Å². The molecule has 0 saturated heterocycles. The summed E-state index contributed by atoms with van der Waals surface area (Å²) >= 11 is 0. The molecule has 2 unspecified atom stereocenters. The Morgan fingerprint density at radius 2 is 1.84 bits per heavy atom. The first-order valence-electron chi connectivity index (χ1n) is 10.5. The Balaban J connectivity index is 1.92. The van der Waals surface area contributed by atoms with Crippen LogP contribution < -0.4 is 14.4 Å². The van der Waals surface area contributed by atoms with Crippen LogP contribution >= 0.6 is 0 Å². The van der Waals surface area contributed by atoms with Crippen LogP contribution in [0.25, 0.3) is 0 Å². The molecule has 1 heterocycles. The molecule has 2 aromatic carbocycles. The number of benzene rings is 2. The number of sulfonamides is 1. The van der Waals surface area contributed by atoms with Crippen molar-refractivity contribution in [1.82, 2.24) is 5.32 Å². The average molecular weight is 467 g/mol. The normalized spacial score (nSPS) is 18.2. The van der Waals surface area contributed by atoms with Crippen molar-refractivity contribution < 1.29 is 26.7 Å². The number of rotatable bonds is 7. The first-order valence-corrected chi connectivity index (χ1v) is 12.4. The molecule has 0 aliphatic carbocycles. The minimum absolute atomic E-state index is 0.127. The Morgan fingerprint density at radius 1 is 1.19 bits per heavy atom. The standard InChI is InChI=1S/C23H28F2N2O4S/c1-5-23(6-2)14-20(17-9-7-8-10-21(17)31-23)26-22(28)15(3)27(32(4,29)30)16-11-12-18(24)19(25)13-16/h7-13,15,20H,5-6,14H2,1-4H3,(H,26,28). The van der Waals surface area contributed by atoms with Crippen LogP contribution in [0.4, 0.5) is 14.5 Å². The maximum atomic E-state index is 13.8. The summed E-state index contributed by atoms with van der Waals surface area (Å²) in [7, 11) is -3.97. The minimum Gasteiger partial charge on any atom is -0.487 e. The van der Waals surface area contributed by atoms with E-state index in [2.05, 4.69) is 5.32 Å². The van der Waals surface area contributed by atoms with Crippen LogP contribution in [0.5, 0.6) is 5.75 Å². The fourth-order valence-corrected chi connectivity index (χ4v) is 5.32. The zero-order chi connectivity index (χ0) is 23.7. The van der Waals surface area contributed by atoms with E-state index in [0.29, 0.717) is 12.2 Å². The highest BCUT2D eigenvalue weighted by molar-refractivity contribution is 7.92. The van der Waals surface area contributed by atoms with Gasteiger partial charge in [-0.05, 0) is 38.0 Å². The van der Waals surface area contributed by atoms with E-state index in [1.807, 2.05) is 38.1 Å². The van der Waals surface area contributed by atoms with Gasteiger partial charge in [0.05, 0.1) is 18.0 Å². The minimum atomic E-state index is -3.97. The molecule has 0 saturated carbocycles. The van der Waals surface area contributed by atoms with Gasteiger partial charge in [0, 0.05) is 18.1 Å². The Morgan fingerprint density at radius 3 is 2.44 bits per heavy atom. The van der Waals surface area contributed by atoms with Crippen molar-refractivity contribution in [2.24, 2.45) is 0 Å². The number of carbonyl (C=O) groups excluding carboxylic acids is 1. The molecule has 0 fully saturated rings. The number of nitrogens with one attached hydrogen (secondary N) is 1. The van der Waals surface area contributed by atoms with E-state index in [1.165, 1.54) is 6.92 Å². The summed E-state index contributed by atoms with van der Waals surface area (Å²) in [5, 5.41) is 2.95. The van der Waals surface area contributed by atoms with E-state index in [0.717, 1.165) is 47.2 Å². The van der Waals surface area contributed by atoms with Crippen LogP contribution in [0, 0.1) is 11.6 Å². The van der Waals surface area contributed by atoms with E-state index >= 15 is 0 Å². The molecule has 1 aliphatic heterocycles. The number of hydrogen-bond donors (Lipinski definition) is 1. The van der Waals surface area contributed by atoms with Crippen LogP contribution in [0.2, 0.25) is 0 Å². The highest BCUT2D eigenvalue weighted by atomic mass is 32.2. The first kappa shape index (κ1) is 24.0. The van der Waals surface area contributed by atoms with Gasteiger partial charge < -0.3 is 10.1 Å². The van der Waals surface area contributed by atoms with Crippen molar-refractivity contribution >= 4 is 21.6 Å². The summed E-state index contributed by atoms with van der Waals surface area (Å²) < 4.78 is 59.1. The smallest absolute Gasteiger partial charge is 0.244 e. The SMILES string of the molecule is CCC1(CC)CC(NC(=O)C(C)N(c2ccc(F)c(F)c2)S(C)(=O)=O)c2ccccc2O1. The molecule has 0 bridgehead atoms. The number of anilines is 1. The van der Waals surface area contributed by atoms with Crippen molar-refractivity contribution in [3.05, 3.63) is 59.7 Å². The van der Waals surface area contributed by atoms with Crippen molar-refractivity contribution in [2.45, 2.75) is 57.7 Å². The number of halogens is 2. The second-order valence-electron chi connectivity index (χ2n) is 8.13. The molecule has 9 heteroatoms. The molecular weight excluding hydrogens is 438 g/mol. The highest BCUT2D eigenvalue weighted by Gasteiger charge is 2.40. The van der Waals surface area contributed by atoms with Gasteiger partial charge in [0.15, 0.2) is 11.6 Å². The van der Waals surface area contributed by atoms with Gasteiger partial charge in [-0.1, -0.05) is 32.0 Å². The Kier molecular flexibility index (Phi) is 6.78. The molecule has 1 N–H and O–H groups in total. The number of para-hydroxylation sites is 1. The molecule has 32 heavy (non-hydrogen) atoms. The number of carbonyl (C=O) groups is 1. The largest absolute Gasteiger partial charge is 0.487 e. The molecule has 6 nitrogen and oxygen atoms in total. The van der Waals surface area contributed by atoms with Gasteiger partial charge in [0.25, 0.3) is 0 Å². The lowest BCUT2D eigenvalue weighted by atomic mass is 9.83. The fourth-order valence-electron chi connectivity index (χ4n) is 4.15. The molecule has 1 amide bonds. The number of amides is 1. The third kappa shape index (κ3) is 4.72. The molecule has 3 rings (SSSR count). The van der Waals surface area contributed by atoms with Crippen molar-refractivity contribution in [1.29, 1.82) is 0 Å². The predicted molar refractivity (Wildman–Crippen MR) is 119 cm³/mol. The predicted octanol–water partition coefficient (Wildman–Crippen LogP) is 4.32. The second-order valence-corrected chi connectivity index (χ2v) is 9.99.